The van der Waals surface area contributed by atoms with Crippen LogP contribution in [0, 0.1) is 6.92 Å². The monoisotopic (exact) mass is 291 g/mol. The van der Waals surface area contributed by atoms with Crippen LogP contribution in [0.25, 0.3) is 10.9 Å². The molecule has 1 fully saturated rings. The maximum atomic E-state index is 4.55. The zero-order valence-corrected chi connectivity index (χ0v) is 12.7. The van der Waals surface area contributed by atoms with Crippen LogP contribution in [0.3, 0.4) is 0 Å². The van der Waals surface area contributed by atoms with Crippen LogP contribution in [-0.4, -0.2) is 36.1 Å². The van der Waals surface area contributed by atoms with Gasteiger partial charge in [0.05, 0.1) is 5.52 Å². The molecule has 0 amide bonds. The second-order valence-electron chi connectivity index (χ2n) is 5.36. The number of pyridine rings is 1. The average molecular weight is 292 g/mol. The third kappa shape index (κ3) is 3.69. The van der Waals surface area contributed by atoms with Crippen LogP contribution in [-0.2, 0) is 6.54 Å². The SMILES string of the molecule is Cc1ccc2cc(CN3CCCNCC3)ccc2n1.Cl. The summed E-state index contributed by atoms with van der Waals surface area (Å²) in [5.74, 6) is 0. The normalized spacial score (nSPS) is 16.6. The summed E-state index contributed by atoms with van der Waals surface area (Å²) in [7, 11) is 0. The molecule has 1 aliphatic heterocycles. The molecule has 0 saturated carbocycles. The van der Waals surface area contributed by atoms with Crippen LogP contribution in [0.5, 0.6) is 0 Å². The van der Waals surface area contributed by atoms with Gasteiger partial charge in [-0.3, -0.25) is 9.88 Å². The standard InChI is InChI=1S/C16H21N3.ClH/c1-13-3-5-15-11-14(4-6-16(15)18-13)12-19-9-2-7-17-8-10-19;/h3-6,11,17H,2,7-10,12H2,1H3;1H. The lowest BCUT2D eigenvalue weighted by molar-refractivity contribution is 0.284. The summed E-state index contributed by atoms with van der Waals surface area (Å²) in [5.41, 5.74) is 3.57. The van der Waals surface area contributed by atoms with Crippen molar-refractivity contribution >= 4 is 23.3 Å². The summed E-state index contributed by atoms with van der Waals surface area (Å²) in [6, 6.07) is 10.9. The van der Waals surface area contributed by atoms with Gasteiger partial charge < -0.3 is 5.32 Å². The van der Waals surface area contributed by atoms with Gasteiger partial charge in [0.2, 0.25) is 0 Å². The van der Waals surface area contributed by atoms with Gasteiger partial charge in [-0.25, -0.2) is 0 Å². The van der Waals surface area contributed by atoms with Crippen molar-refractivity contribution in [3.8, 4) is 0 Å². The molecule has 108 valence electrons. The molecule has 0 spiro atoms. The Morgan fingerprint density at radius 1 is 1.15 bits per heavy atom. The minimum atomic E-state index is 0. The number of nitrogens with zero attached hydrogens (tertiary/aromatic N) is 2. The van der Waals surface area contributed by atoms with E-state index in [1.54, 1.807) is 0 Å². The Hall–Kier alpha value is -1.16. The predicted octanol–water partition coefficient (Wildman–Crippen LogP) is 2.76. The highest BCUT2D eigenvalue weighted by Gasteiger charge is 2.09. The van der Waals surface area contributed by atoms with Crippen molar-refractivity contribution < 1.29 is 0 Å². The van der Waals surface area contributed by atoms with E-state index in [4.69, 9.17) is 0 Å². The van der Waals surface area contributed by atoms with Crippen molar-refractivity contribution in [1.29, 1.82) is 0 Å². The first-order valence-corrected chi connectivity index (χ1v) is 7.11. The van der Waals surface area contributed by atoms with Crippen LogP contribution in [0.4, 0.5) is 0 Å². The summed E-state index contributed by atoms with van der Waals surface area (Å²) in [4.78, 5) is 7.09. The summed E-state index contributed by atoms with van der Waals surface area (Å²) in [6.07, 6.45) is 1.24. The topological polar surface area (TPSA) is 28.2 Å². The lowest BCUT2D eigenvalue weighted by atomic mass is 10.1. The van der Waals surface area contributed by atoms with E-state index >= 15 is 0 Å². The van der Waals surface area contributed by atoms with Crippen molar-refractivity contribution in [3.63, 3.8) is 0 Å². The number of aryl methyl sites for hydroxylation is 1. The Balaban J connectivity index is 0.00000147. The predicted molar refractivity (Wildman–Crippen MR) is 86.5 cm³/mol. The zero-order chi connectivity index (χ0) is 13.1. The molecule has 1 saturated heterocycles. The van der Waals surface area contributed by atoms with Crippen LogP contribution in [0.2, 0.25) is 0 Å². The number of hydrogen-bond donors (Lipinski definition) is 1. The fourth-order valence-corrected chi connectivity index (χ4v) is 2.69. The Morgan fingerprint density at radius 3 is 2.95 bits per heavy atom. The molecule has 2 aromatic rings. The van der Waals surface area contributed by atoms with Gasteiger partial charge in [0.1, 0.15) is 0 Å². The second-order valence-corrected chi connectivity index (χ2v) is 5.36. The van der Waals surface area contributed by atoms with E-state index in [9.17, 15) is 0 Å². The number of rotatable bonds is 2. The molecule has 1 aromatic carbocycles. The summed E-state index contributed by atoms with van der Waals surface area (Å²) in [6.45, 7) is 7.68. The van der Waals surface area contributed by atoms with Gasteiger partial charge in [0.25, 0.3) is 0 Å². The van der Waals surface area contributed by atoms with E-state index in [0.29, 0.717) is 0 Å². The van der Waals surface area contributed by atoms with Crippen molar-refractivity contribution in [2.24, 2.45) is 0 Å². The fourth-order valence-electron chi connectivity index (χ4n) is 2.69. The molecular formula is C16H22ClN3. The second kappa shape index (κ2) is 7.02. The Bertz CT molecular complexity index is 563. The highest BCUT2D eigenvalue weighted by atomic mass is 35.5. The molecule has 20 heavy (non-hydrogen) atoms. The van der Waals surface area contributed by atoms with E-state index in [2.05, 4.69) is 45.5 Å². The molecule has 3 nitrogen and oxygen atoms in total. The molecule has 0 bridgehead atoms. The smallest absolute Gasteiger partial charge is 0.0705 e. The molecule has 0 atom stereocenters. The summed E-state index contributed by atoms with van der Waals surface area (Å²) >= 11 is 0. The largest absolute Gasteiger partial charge is 0.315 e. The maximum absolute atomic E-state index is 4.55. The van der Waals surface area contributed by atoms with Gasteiger partial charge in [-0.15, -0.1) is 12.4 Å². The van der Waals surface area contributed by atoms with Crippen LogP contribution in [0.15, 0.2) is 30.3 Å². The molecule has 4 heteroatoms. The number of aromatic nitrogens is 1. The molecular weight excluding hydrogens is 270 g/mol. The number of fused-ring (bicyclic) bond motifs is 1. The Morgan fingerprint density at radius 2 is 2.05 bits per heavy atom. The van der Waals surface area contributed by atoms with Gasteiger partial charge >= 0.3 is 0 Å². The fraction of sp³-hybridized carbons (Fsp3) is 0.438. The minimum Gasteiger partial charge on any atom is -0.315 e. The number of nitrogens with one attached hydrogen (secondary N) is 1. The molecule has 0 aliphatic carbocycles. The highest BCUT2D eigenvalue weighted by molar-refractivity contribution is 5.85. The highest BCUT2D eigenvalue weighted by Crippen LogP contribution is 2.16. The van der Waals surface area contributed by atoms with Gasteiger partial charge in [0.15, 0.2) is 0 Å². The van der Waals surface area contributed by atoms with E-state index in [0.717, 1.165) is 37.4 Å². The van der Waals surface area contributed by atoms with E-state index in [-0.39, 0.29) is 12.4 Å². The van der Waals surface area contributed by atoms with Crippen molar-refractivity contribution in [1.82, 2.24) is 15.2 Å². The van der Waals surface area contributed by atoms with Crippen molar-refractivity contribution in [2.75, 3.05) is 26.2 Å². The molecule has 1 aromatic heterocycles. The molecule has 2 heterocycles. The third-order valence-corrected chi connectivity index (χ3v) is 3.73. The first kappa shape index (κ1) is 15.2. The lowest BCUT2D eigenvalue weighted by Gasteiger charge is -2.19. The average Bonchev–Trinajstić information content (AvgIpc) is 2.68. The summed E-state index contributed by atoms with van der Waals surface area (Å²) in [5, 5.41) is 4.69. The quantitative estimate of drug-likeness (QED) is 0.922. The first-order chi connectivity index (χ1) is 9.31. The third-order valence-electron chi connectivity index (χ3n) is 3.73. The molecule has 1 aliphatic rings. The minimum absolute atomic E-state index is 0. The zero-order valence-electron chi connectivity index (χ0n) is 11.9. The van der Waals surface area contributed by atoms with Crippen LogP contribution in [0.1, 0.15) is 17.7 Å². The van der Waals surface area contributed by atoms with Crippen LogP contribution >= 0.6 is 12.4 Å². The van der Waals surface area contributed by atoms with Gasteiger partial charge in [-0.2, -0.15) is 0 Å². The lowest BCUT2D eigenvalue weighted by Crippen LogP contribution is -2.27. The van der Waals surface area contributed by atoms with Crippen molar-refractivity contribution in [3.05, 3.63) is 41.6 Å². The van der Waals surface area contributed by atoms with E-state index in [1.807, 2.05) is 6.92 Å². The maximum Gasteiger partial charge on any atom is 0.0705 e. The van der Waals surface area contributed by atoms with E-state index in [1.165, 1.54) is 23.9 Å². The molecule has 1 N–H and O–H groups in total. The van der Waals surface area contributed by atoms with Crippen molar-refractivity contribution in [2.45, 2.75) is 19.9 Å². The number of benzene rings is 1. The Kier molecular flexibility index (Phi) is 5.35. The number of hydrogen-bond acceptors (Lipinski definition) is 3. The molecule has 3 rings (SSSR count). The van der Waals surface area contributed by atoms with Gasteiger partial charge in [-0.05, 0) is 50.2 Å². The Labute approximate surface area is 126 Å². The van der Waals surface area contributed by atoms with Crippen LogP contribution < -0.4 is 5.32 Å². The van der Waals surface area contributed by atoms with E-state index < -0.39 is 0 Å². The molecule has 0 radical (unpaired) electrons. The van der Waals surface area contributed by atoms with Gasteiger partial charge in [-0.1, -0.05) is 12.1 Å². The number of halogens is 1. The molecule has 0 unspecified atom stereocenters. The van der Waals surface area contributed by atoms with Gasteiger partial charge in [0, 0.05) is 30.7 Å². The summed E-state index contributed by atoms with van der Waals surface area (Å²) < 4.78 is 0. The first-order valence-electron chi connectivity index (χ1n) is 7.11.